The van der Waals surface area contributed by atoms with Crippen LogP contribution in [-0.4, -0.2) is 22.4 Å². The summed E-state index contributed by atoms with van der Waals surface area (Å²) in [6.45, 7) is 0. The summed E-state index contributed by atoms with van der Waals surface area (Å²) < 4.78 is 7.06. The van der Waals surface area contributed by atoms with Crippen molar-refractivity contribution in [3.63, 3.8) is 0 Å². The fraction of sp³-hybridized carbons (Fsp3) is 0.0667. The van der Waals surface area contributed by atoms with Crippen LogP contribution in [0.3, 0.4) is 0 Å². The minimum Gasteiger partial charge on any atom is -0.497 e. The molecule has 0 saturated carbocycles. The summed E-state index contributed by atoms with van der Waals surface area (Å²) in [7, 11) is 1.61. The molecule has 0 bridgehead atoms. The Hall–Kier alpha value is -2.82. The van der Waals surface area contributed by atoms with E-state index in [1.165, 1.54) is 0 Å². The second-order valence-electron chi connectivity index (χ2n) is 4.34. The molecule has 0 atom stereocenters. The zero-order chi connectivity index (χ0) is 14.1. The average molecular weight is 267 g/mol. The highest BCUT2D eigenvalue weighted by atomic mass is 16.5. The molecule has 2 aromatic heterocycles. The maximum absolute atomic E-state index is 11.5. The Kier molecular flexibility index (Phi) is 2.87. The number of benzene rings is 1. The molecule has 2 N–H and O–H groups in total. The normalized spacial score (nSPS) is 10.7. The van der Waals surface area contributed by atoms with Crippen molar-refractivity contribution in [3.8, 4) is 17.1 Å². The number of nitrogens with zero attached hydrogens (tertiary/aromatic N) is 2. The molecule has 0 aliphatic heterocycles. The van der Waals surface area contributed by atoms with E-state index >= 15 is 0 Å². The minimum atomic E-state index is -0.539. The number of fused-ring (bicyclic) bond motifs is 1. The number of hydrogen-bond donors (Lipinski definition) is 1. The maximum atomic E-state index is 11.5. The molecule has 1 amide bonds. The van der Waals surface area contributed by atoms with Crippen LogP contribution in [-0.2, 0) is 0 Å². The monoisotopic (exact) mass is 267 g/mol. The van der Waals surface area contributed by atoms with Crippen molar-refractivity contribution < 1.29 is 9.53 Å². The third-order valence-corrected chi connectivity index (χ3v) is 3.11. The van der Waals surface area contributed by atoms with Gasteiger partial charge in [0.25, 0.3) is 5.91 Å². The molecule has 0 aliphatic carbocycles. The molecule has 3 rings (SSSR count). The number of ether oxygens (including phenoxy) is 1. The quantitative estimate of drug-likeness (QED) is 0.790. The first-order valence-corrected chi connectivity index (χ1v) is 6.12. The molecule has 5 heteroatoms. The van der Waals surface area contributed by atoms with Crippen LogP contribution in [0.1, 0.15) is 10.5 Å². The van der Waals surface area contributed by atoms with E-state index in [9.17, 15) is 4.79 Å². The van der Waals surface area contributed by atoms with Gasteiger partial charge in [0.05, 0.1) is 12.6 Å². The Bertz CT molecular complexity index is 793. The van der Waals surface area contributed by atoms with Gasteiger partial charge in [-0.2, -0.15) is 0 Å². The molecule has 0 unspecified atom stereocenters. The Morgan fingerprint density at radius 3 is 2.85 bits per heavy atom. The van der Waals surface area contributed by atoms with E-state index in [-0.39, 0.29) is 5.69 Å². The number of nitrogens with two attached hydrogens (primary N) is 1. The first-order chi connectivity index (χ1) is 9.70. The zero-order valence-electron chi connectivity index (χ0n) is 10.9. The Balaban J connectivity index is 2.28. The number of hydrogen-bond acceptors (Lipinski definition) is 3. The van der Waals surface area contributed by atoms with Gasteiger partial charge in [-0.25, -0.2) is 4.98 Å². The SMILES string of the molecule is COc1cccc(-c2nc(C(N)=O)c3ccccn23)c1. The van der Waals surface area contributed by atoms with Crippen molar-refractivity contribution in [1.82, 2.24) is 9.38 Å². The van der Waals surface area contributed by atoms with Gasteiger partial charge in [-0.15, -0.1) is 0 Å². The molecule has 5 nitrogen and oxygen atoms in total. The Labute approximate surface area is 115 Å². The van der Waals surface area contributed by atoms with Gasteiger partial charge in [0.2, 0.25) is 0 Å². The summed E-state index contributed by atoms with van der Waals surface area (Å²) in [6, 6.07) is 13.1. The van der Waals surface area contributed by atoms with E-state index in [1.807, 2.05) is 53.1 Å². The van der Waals surface area contributed by atoms with Gasteiger partial charge in [0, 0.05) is 11.8 Å². The lowest BCUT2D eigenvalue weighted by atomic mass is 10.2. The van der Waals surface area contributed by atoms with Crippen LogP contribution < -0.4 is 10.5 Å². The average Bonchev–Trinajstić information content (AvgIpc) is 2.87. The second-order valence-corrected chi connectivity index (χ2v) is 4.34. The summed E-state index contributed by atoms with van der Waals surface area (Å²) in [4.78, 5) is 15.9. The third kappa shape index (κ3) is 1.89. The number of imidazole rings is 1. The van der Waals surface area contributed by atoms with Crippen LogP contribution in [0.15, 0.2) is 48.7 Å². The van der Waals surface area contributed by atoms with Crippen molar-refractivity contribution in [2.75, 3.05) is 7.11 Å². The van der Waals surface area contributed by atoms with Crippen molar-refractivity contribution in [3.05, 3.63) is 54.4 Å². The van der Waals surface area contributed by atoms with Crippen LogP contribution in [0.25, 0.3) is 16.9 Å². The van der Waals surface area contributed by atoms with Crippen molar-refractivity contribution >= 4 is 11.4 Å². The maximum Gasteiger partial charge on any atom is 0.269 e. The molecule has 0 radical (unpaired) electrons. The number of amides is 1. The van der Waals surface area contributed by atoms with Gasteiger partial charge in [0.15, 0.2) is 5.69 Å². The molecule has 0 spiro atoms. The van der Waals surface area contributed by atoms with Crippen LogP contribution in [0.5, 0.6) is 5.75 Å². The molecule has 0 saturated heterocycles. The Morgan fingerprint density at radius 2 is 2.10 bits per heavy atom. The number of carbonyl (C=O) groups is 1. The smallest absolute Gasteiger partial charge is 0.269 e. The molecule has 0 aliphatic rings. The first kappa shape index (κ1) is 12.2. The predicted octanol–water partition coefficient (Wildman–Crippen LogP) is 2.11. The molecule has 0 fully saturated rings. The highest BCUT2D eigenvalue weighted by molar-refractivity contribution is 5.98. The van der Waals surface area contributed by atoms with E-state index in [1.54, 1.807) is 7.11 Å². The fourth-order valence-corrected chi connectivity index (χ4v) is 2.18. The van der Waals surface area contributed by atoms with E-state index < -0.39 is 5.91 Å². The van der Waals surface area contributed by atoms with Gasteiger partial charge >= 0.3 is 0 Å². The summed E-state index contributed by atoms with van der Waals surface area (Å²) in [5.74, 6) is 0.854. The molecule has 20 heavy (non-hydrogen) atoms. The number of carbonyl (C=O) groups excluding carboxylic acids is 1. The fourth-order valence-electron chi connectivity index (χ4n) is 2.18. The lowest BCUT2D eigenvalue weighted by molar-refractivity contribution is 0.0997. The molecule has 3 aromatic rings. The van der Waals surface area contributed by atoms with Crippen molar-refractivity contribution in [1.29, 1.82) is 0 Å². The summed E-state index contributed by atoms with van der Waals surface area (Å²) in [5, 5.41) is 0. The topological polar surface area (TPSA) is 69.6 Å². The number of primary amides is 1. The highest BCUT2D eigenvalue weighted by Crippen LogP contribution is 2.25. The highest BCUT2D eigenvalue weighted by Gasteiger charge is 2.16. The first-order valence-electron chi connectivity index (χ1n) is 6.12. The number of methoxy groups -OCH3 is 1. The van der Waals surface area contributed by atoms with Crippen LogP contribution in [0, 0.1) is 0 Å². The van der Waals surface area contributed by atoms with E-state index in [2.05, 4.69) is 4.98 Å². The summed E-state index contributed by atoms with van der Waals surface area (Å²) in [6.07, 6.45) is 1.85. The second kappa shape index (κ2) is 4.70. The molecule has 1 aromatic carbocycles. The molecule has 2 heterocycles. The summed E-state index contributed by atoms with van der Waals surface area (Å²) >= 11 is 0. The number of rotatable bonds is 3. The van der Waals surface area contributed by atoms with E-state index in [4.69, 9.17) is 10.5 Å². The Morgan fingerprint density at radius 1 is 1.25 bits per heavy atom. The van der Waals surface area contributed by atoms with Crippen LogP contribution in [0.2, 0.25) is 0 Å². The predicted molar refractivity (Wildman–Crippen MR) is 75.7 cm³/mol. The molecule has 100 valence electrons. The largest absolute Gasteiger partial charge is 0.497 e. The minimum absolute atomic E-state index is 0.267. The van der Waals surface area contributed by atoms with Crippen molar-refractivity contribution in [2.45, 2.75) is 0 Å². The van der Waals surface area contributed by atoms with Gasteiger partial charge in [-0.1, -0.05) is 18.2 Å². The van der Waals surface area contributed by atoms with Gasteiger partial charge in [-0.3, -0.25) is 9.20 Å². The number of pyridine rings is 1. The van der Waals surface area contributed by atoms with E-state index in [0.29, 0.717) is 11.3 Å². The van der Waals surface area contributed by atoms with Crippen LogP contribution >= 0.6 is 0 Å². The standard InChI is InChI=1S/C15H13N3O2/c1-20-11-6-4-5-10(9-11)15-17-13(14(16)19)12-7-2-3-8-18(12)15/h2-9H,1H3,(H2,16,19). The zero-order valence-corrected chi connectivity index (χ0v) is 10.9. The van der Waals surface area contributed by atoms with Crippen LogP contribution in [0.4, 0.5) is 0 Å². The van der Waals surface area contributed by atoms with Crippen molar-refractivity contribution in [2.24, 2.45) is 5.73 Å². The third-order valence-electron chi connectivity index (χ3n) is 3.11. The van der Waals surface area contributed by atoms with E-state index in [0.717, 1.165) is 11.3 Å². The summed E-state index contributed by atoms with van der Waals surface area (Å²) in [5.41, 5.74) is 7.21. The van der Waals surface area contributed by atoms with Gasteiger partial charge in [-0.05, 0) is 24.3 Å². The van der Waals surface area contributed by atoms with Gasteiger partial charge in [0.1, 0.15) is 11.6 Å². The lowest BCUT2D eigenvalue weighted by Gasteiger charge is -2.03. The van der Waals surface area contributed by atoms with Gasteiger partial charge < -0.3 is 10.5 Å². The number of aromatic nitrogens is 2. The molecular weight excluding hydrogens is 254 g/mol. The lowest BCUT2D eigenvalue weighted by Crippen LogP contribution is -2.11. The molecular formula is C15H13N3O2.